The molecule has 28 heavy (non-hydrogen) atoms. The van der Waals surface area contributed by atoms with Gasteiger partial charge in [-0.3, -0.25) is 9.59 Å². The first-order chi connectivity index (χ1) is 13.7. The van der Waals surface area contributed by atoms with Gasteiger partial charge in [-0.05, 0) is 43.2 Å². The maximum absolute atomic E-state index is 12.5. The predicted molar refractivity (Wildman–Crippen MR) is 110 cm³/mol. The monoisotopic (exact) mass is 380 g/mol. The lowest BCUT2D eigenvalue weighted by atomic mass is 10.1. The molecule has 1 aliphatic carbocycles. The Morgan fingerprint density at radius 1 is 0.893 bits per heavy atom. The number of hydrogen-bond donors (Lipinski definition) is 2. The fourth-order valence-corrected chi connectivity index (χ4v) is 3.59. The number of para-hydroxylation sites is 1. The van der Waals surface area contributed by atoms with Gasteiger partial charge in [0.1, 0.15) is 5.75 Å². The van der Waals surface area contributed by atoms with Crippen molar-refractivity contribution in [3.8, 4) is 5.75 Å². The Kier molecular flexibility index (Phi) is 7.06. The van der Waals surface area contributed by atoms with Gasteiger partial charge >= 0.3 is 0 Å². The Hall–Kier alpha value is -2.82. The van der Waals surface area contributed by atoms with Crippen LogP contribution in [0.4, 0.5) is 0 Å². The Morgan fingerprint density at radius 3 is 2.14 bits per heavy atom. The summed E-state index contributed by atoms with van der Waals surface area (Å²) in [5.41, 5.74) is 2.03. The molecule has 2 aromatic carbocycles. The number of amides is 2. The van der Waals surface area contributed by atoms with Crippen molar-refractivity contribution in [2.45, 2.75) is 51.1 Å². The summed E-state index contributed by atoms with van der Waals surface area (Å²) in [4.78, 5) is 24.9. The molecule has 2 aromatic rings. The number of nitrogens with one attached hydrogen (secondary N) is 2. The predicted octanol–water partition coefficient (Wildman–Crippen LogP) is 4.08. The second-order valence-corrected chi connectivity index (χ2v) is 7.23. The van der Waals surface area contributed by atoms with Crippen LogP contribution in [0.1, 0.15) is 64.8 Å². The third-order valence-corrected chi connectivity index (χ3v) is 5.23. The molecule has 5 heteroatoms. The number of carbonyl (C=O) groups excluding carboxylic acids is 2. The summed E-state index contributed by atoms with van der Waals surface area (Å²) in [7, 11) is 1.61. The molecule has 0 spiro atoms. The summed E-state index contributed by atoms with van der Waals surface area (Å²) in [5, 5.41) is 6.02. The smallest absolute Gasteiger partial charge is 0.251 e. The van der Waals surface area contributed by atoms with Gasteiger partial charge < -0.3 is 15.4 Å². The second kappa shape index (κ2) is 9.93. The van der Waals surface area contributed by atoms with Crippen molar-refractivity contribution in [2.24, 2.45) is 0 Å². The molecule has 0 aliphatic heterocycles. The van der Waals surface area contributed by atoms with Gasteiger partial charge in [0.05, 0.1) is 7.11 Å². The highest BCUT2D eigenvalue weighted by Crippen LogP contribution is 2.18. The Balaban J connectivity index is 1.55. The lowest BCUT2D eigenvalue weighted by molar-refractivity contribution is 0.0927. The molecule has 0 unspecified atom stereocenters. The Labute approximate surface area is 166 Å². The van der Waals surface area contributed by atoms with E-state index in [1.807, 2.05) is 24.3 Å². The standard InChI is InChI=1S/C23H28N2O3/c1-28-21-11-7-6-8-19(21)16-24-22(26)17-12-14-18(15-13-17)23(27)25-20-9-4-2-3-5-10-20/h6-8,11-15,20H,2-5,9-10,16H2,1H3,(H,24,26)(H,25,27). The molecular formula is C23H28N2O3. The molecule has 148 valence electrons. The maximum Gasteiger partial charge on any atom is 0.251 e. The van der Waals surface area contributed by atoms with E-state index in [1.165, 1.54) is 25.7 Å². The second-order valence-electron chi connectivity index (χ2n) is 7.23. The minimum atomic E-state index is -0.179. The van der Waals surface area contributed by atoms with Gasteiger partial charge in [0.15, 0.2) is 0 Å². The summed E-state index contributed by atoms with van der Waals surface area (Å²) in [6.07, 6.45) is 6.97. The summed E-state index contributed by atoms with van der Waals surface area (Å²) < 4.78 is 5.30. The summed E-state index contributed by atoms with van der Waals surface area (Å²) in [6.45, 7) is 0.382. The van der Waals surface area contributed by atoms with Crippen LogP contribution in [0.2, 0.25) is 0 Å². The largest absolute Gasteiger partial charge is 0.496 e. The maximum atomic E-state index is 12.5. The first-order valence-corrected chi connectivity index (χ1v) is 9.98. The number of ether oxygens (including phenoxy) is 1. The average molecular weight is 380 g/mol. The van der Waals surface area contributed by atoms with Gasteiger partial charge in [-0.15, -0.1) is 0 Å². The fraction of sp³-hybridized carbons (Fsp3) is 0.391. The zero-order valence-electron chi connectivity index (χ0n) is 16.4. The van der Waals surface area contributed by atoms with Crippen LogP contribution in [0.15, 0.2) is 48.5 Å². The van der Waals surface area contributed by atoms with Gasteiger partial charge in [-0.1, -0.05) is 43.9 Å². The molecule has 2 N–H and O–H groups in total. The van der Waals surface area contributed by atoms with Crippen LogP contribution < -0.4 is 15.4 Å². The van der Waals surface area contributed by atoms with E-state index >= 15 is 0 Å². The number of benzene rings is 2. The molecule has 0 atom stereocenters. The van der Waals surface area contributed by atoms with Gasteiger partial charge in [-0.25, -0.2) is 0 Å². The Bertz CT molecular complexity index is 794. The van der Waals surface area contributed by atoms with E-state index in [9.17, 15) is 9.59 Å². The molecule has 5 nitrogen and oxygen atoms in total. The van der Waals surface area contributed by atoms with Crippen molar-refractivity contribution < 1.29 is 14.3 Å². The number of rotatable bonds is 6. The SMILES string of the molecule is COc1ccccc1CNC(=O)c1ccc(C(=O)NC2CCCCCC2)cc1. The Morgan fingerprint density at radius 2 is 1.50 bits per heavy atom. The molecule has 1 aliphatic rings. The highest BCUT2D eigenvalue weighted by Gasteiger charge is 2.16. The summed E-state index contributed by atoms with van der Waals surface area (Å²) >= 11 is 0. The van der Waals surface area contributed by atoms with E-state index in [2.05, 4.69) is 10.6 Å². The minimum absolute atomic E-state index is 0.0621. The van der Waals surface area contributed by atoms with Crippen molar-refractivity contribution in [3.05, 3.63) is 65.2 Å². The van der Waals surface area contributed by atoms with Crippen LogP contribution in [-0.2, 0) is 6.54 Å². The van der Waals surface area contributed by atoms with Crippen LogP contribution in [0.3, 0.4) is 0 Å². The topological polar surface area (TPSA) is 67.4 Å². The van der Waals surface area contributed by atoms with Gasteiger partial charge in [-0.2, -0.15) is 0 Å². The summed E-state index contributed by atoms with van der Waals surface area (Å²) in [5.74, 6) is 0.503. The number of carbonyl (C=O) groups is 2. The van der Waals surface area contributed by atoms with E-state index in [0.29, 0.717) is 17.7 Å². The summed E-state index contributed by atoms with van der Waals surface area (Å²) in [6, 6.07) is 14.7. The third kappa shape index (κ3) is 5.35. The number of hydrogen-bond acceptors (Lipinski definition) is 3. The van der Waals surface area contributed by atoms with Crippen molar-refractivity contribution >= 4 is 11.8 Å². The van der Waals surface area contributed by atoms with Crippen molar-refractivity contribution in [1.29, 1.82) is 0 Å². The fourth-order valence-electron chi connectivity index (χ4n) is 3.59. The van der Waals surface area contributed by atoms with Crippen LogP contribution in [-0.4, -0.2) is 25.0 Å². The van der Waals surface area contributed by atoms with E-state index in [0.717, 1.165) is 24.2 Å². The lowest BCUT2D eigenvalue weighted by Crippen LogP contribution is -2.34. The van der Waals surface area contributed by atoms with Gasteiger partial charge in [0.2, 0.25) is 0 Å². The zero-order chi connectivity index (χ0) is 19.8. The van der Waals surface area contributed by atoms with Crippen LogP contribution in [0, 0.1) is 0 Å². The molecule has 0 bridgehead atoms. The first-order valence-electron chi connectivity index (χ1n) is 9.98. The molecule has 3 rings (SSSR count). The van der Waals surface area contributed by atoms with Crippen molar-refractivity contribution in [1.82, 2.24) is 10.6 Å². The molecule has 1 saturated carbocycles. The molecule has 0 heterocycles. The molecule has 0 aromatic heterocycles. The molecule has 1 fully saturated rings. The quantitative estimate of drug-likeness (QED) is 0.742. The first kappa shape index (κ1) is 19.9. The van der Waals surface area contributed by atoms with Crippen LogP contribution >= 0.6 is 0 Å². The van der Waals surface area contributed by atoms with Crippen LogP contribution in [0.5, 0.6) is 5.75 Å². The van der Waals surface area contributed by atoms with E-state index < -0.39 is 0 Å². The molecular weight excluding hydrogens is 352 g/mol. The van der Waals surface area contributed by atoms with E-state index in [1.54, 1.807) is 31.4 Å². The zero-order valence-corrected chi connectivity index (χ0v) is 16.4. The minimum Gasteiger partial charge on any atom is -0.496 e. The molecule has 2 amide bonds. The molecule has 0 radical (unpaired) electrons. The van der Waals surface area contributed by atoms with Crippen LogP contribution in [0.25, 0.3) is 0 Å². The molecule has 0 saturated heterocycles. The number of methoxy groups -OCH3 is 1. The third-order valence-electron chi connectivity index (χ3n) is 5.23. The van der Waals surface area contributed by atoms with Gasteiger partial charge in [0.25, 0.3) is 11.8 Å². The normalized spacial score (nSPS) is 14.8. The van der Waals surface area contributed by atoms with Crippen molar-refractivity contribution in [2.75, 3.05) is 7.11 Å². The highest BCUT2D eigenvalue weighted by atomic mass is 16.5. The highest BCUT2D eigenvalue weighted by molar-refractivity contribution is 5.97. The van der Waals surface area contributed by atoms with E-state index in [-0.39, 0.29) is 17.9 Å². The van der Waals surface area contributed by atoms with Gasteiger partial charge in [0, 0.05) is 29.3 Å². The average Bonchev–Trinajstić information content (AvgIpc) is 3.01. The van der Waals surface area contributed by atoms with Crippen molar-refractivity contribution in [3.63, 3.8) is 0 Å². The van der Waals surface area contributed by atoms with E-state index in [4.69, 9.17) is 4.74 Å². The lowest BCUT2D eigenvalue weighted by Gasteiger charge is -2.16.